The molecule has 29 heavy (non-hydrogen) atoms. The van der Waals surface area contributed by atoms with Crippen molar-refractivity contribution >= 4 is 16.8 Å². The molecule has 0 atom stereocenters. The third-order valence-electron chi connectivity index (χ3n) is 5.72. The van der Waals surface area contributed by atoms with Crippen LogP contribution in [0.15, 0.2) is 59.1 Å². The number of hydrogen-bond acceptors (Lipinski definition) is 4. The van der Waals surface area contributed by atoms with Gasteiger partial charge in [-0.2, -0.15) is 4.98 Å². The molecule has 1 fully saturated rings. The zero-order valence-electron chi connectivity index (χ0n) is 16.3. The lowest BCUT2D eigenvalue weighted by atomic mass is 9.96. The molecule has 0 bridgehead atoms. The first-order valence-corrected chi connectivity index (χ1v) is 9.95. The zero-order valence-corrected chi connectivity index (χ0v) is 16.3. The Bertz CT molecular complexity index is 1140. The number of para-hydroxylation sites is 1. The van der Waals surface area contributed by atoms with Crippen LogP contribution in [0.1, 0.15) is 40.7 Å². The Kier molecular flexibility index (Phi) is 4.39. The van der Waals surface area contributed by atoms with Crippen molar-refractivity contribution in [1.29, 1.82) is 0 Å². The summed E-state index contributed by atoms with van der Waals surface area (Å²) in [6.45, 7) is 3.40. The molecule has 1 aliphatic rings. The van der Waals surface area contributed by atoms with E-state index in [0.29, 0.717) is 30.5 Å². The van der Waals surface area contributed by atoms with Gasteiger partial charge in [0.2, 0.25) is 11.7 Å². The third kappa shape index (κ3) is 3.31. The molecular weight excluding hydrogens is 364 g/mol. The summed E-state index contributed by atoms with van der Waals surface area (Å²) in [7, 11) is 0. The number of rotatable bonds is 3. The van der Waals surface area contributed by atoms with Crippen LogP contribution in [-0.4, -0.2) is 39.0 Å². The Morgan fingerprint density at radius 3 is 2.66 bits per heavy atom. The van der Waals surface area contributed by atoms with Crippen LogP contribution in [0.2, 0.25) is 0 Å². The first kappa shape index (κ1) is 17.7. The minimum Gasteiger partial charge on any atom is -0.351 e. The standard InChI is InChI=1S/C23H22N4O2/c1-15-6-2-4-8-18(15)21-25-22(29-26-21)16-10-12-27(13-11-16)23(28)20-14-17-7-3-5-9-19(17)24-20/h2-9,14,16,24H,10-13H2,1H3. The van der Waals surface area contributed by atoms with Crippen LogP contribution in [0.3, 0.4) is 0 Å². The second-order valence-corrected chi connectivity index (χ2v) is 7.61. The third-order valence-corrected chi connectivity index (χ3v) is 5.72. The summed E-state index contributed by atoms with van der Waals surface area (Å²) in [6, 6.07) is 17.9. The summed E-state index contributed by atoms with van der Waals surface area (Å²) < 4.78 is 5.56. The van der Waals surface area contributed by atoms with Crippen molar-refractivity contribution in [3.8, 4) is 11.4 Å². The molecule has 4 aromatic rings. The van der Waals surface area contributed by atoms with Crippen LogP contribution in [0, 0.1) is 6.92 Å². The van der Waals surface area contributed by atoms with Gasteiger partial charge in [-0.3, -0.25) is 4.79 Å². The summed E-state index contributed by atoms with van der Waals surface area (Å²) in [5.41, 5.74) is 3.75. The Hall–Kier alpha value is -3.41. The lowest BCUT2D eigenvalue weighted by molar-refractivity contribution is 0.0699. The van der Waals surface area contributed by atoms with Gasteiger partial charge in [0.15, 0.2) is 0 Å². The summed E-state index contributed by atoms with van der Waals surface area (Å²) in [5, 5.41) is 5.23. The van der Waals surface area contributed by atoms with Crippen molar-refractivity contribution in [3.05, 3.63) is 71.7 Å². The highest BCUT2D eigenvalue weighted by Crippen LogP contribution is 2.30. The highest BCUT2D eigenvalue weighted by Gasteiger charge is 2.28. The smallest absolute Gasteiger partial charge is 0.270 e. The van der Waals surface area contributed by atoms with Crippen LogP contribution < -0.4 is 0 Å². The van der Waals surface area contributed by atoms with Gasteiger partial charge in [0.05, 0.1) is 0 Å². The van der Waals surface area contributed by atoms with E-state index < -0.39 is 0 Å². The maximum absolute atomic E-state index is 12.9. The number of benzene rings is 2. The number of likely N-dealkylation sites (tertiary alicyclic amines) is 1. The molecule has 146 valence electrons. The number of amides is 1. The fourth-order valence-electron chi connectivity index (χ4n) is 4.02. The first-order chi connectivity index (χ1) is 14.2. The van der Waals surface area contributed by atoms with Gasteiger partial charge in [-0.25, -0.2) is 0 Å². The average molecular weight is 386 g/mol. The number of hydrogen-bond donors (Lipinski definition) is 1. The van der Waals surface area contributed by atoms with Gasteiger partial charge in [0.1, 0.15) is 5.69 Å². The fraction of sp³-hybridized carbons (Fsp3) is 0.261. The van der Waals surface area contributed by atoms with Crippen molar-refractivity contribution in [1.82, 2.24) is 20.0 Å². The van der Waals surface area contributed by atoms with Gasteiger partial charge >= 0.3 is 0 Å². The Morgan fingerprint density at radius 1 is 1.10 bits per heavy atom. The van der Waals surface area contributed by atoms with Gasteiger partial charge < -0.3 is 14.4 Å². The van der Waals surface area contributed by atoms with Crippen molar-refractivity contribution in [3.63, 3.8) is 0 Å². The predicted molar refractivity (Wildman–Crippen MR) is 111 cm³/mol. The van der Waals surface area contributed by atoms with Gasteiger partial charge in [-0.15, -0.1) is 0 Å². The van der Waals surface area contributed by atoms with Crippen molar-refractivity contribution in [2.45, 2.75) is 25.7 Å². The molecule has 2 aromatic carbocycles. The number of carbonyl (C=O) groups excluding carboxylic acids is 1. The van der Waals surface area contributed by atoms with E-state index in [2.05, 4.69) is 15.1 Å². The van der Waals surface area contributed by atoms with Crippen LogP contribution in [0.4, 0.5) is 0 Å². The van der Waals surface area contributed by atoms with Crippen LogP contribution in [-0.2, 0) is 0 Å². The minimum absolute atomic E-state index is 0.0470. The molecule has 2 aromatic heterocycles. The molecule has 3 heterocycles. The van der Waals surface area contributed by atoms with E-state index in [0.717, 1.165) is 34.9 Å². The van der Waals surface area contributed by atoms with E-state index >= 15 is 0 Å². The number of aromatic amines is 1. The van der Waals surface area contributed by atoms with E-state index in [1.807, 2.05) is 66.4 Å². The topological polar surface area (TPSA) is 75.0 Å². The Labute approximate surface area is 168 Å². The molecule has 1 saturated heterocycles. The molecular formula is C23H22N4O2. The molecule has 0 saturated carbocycles. The summed E-state index contributed by atoms with van der Waals surface area (Å²) >= 11 is 0. The van der Waals surface area contributed by atoms with E-state index in [1.54, 1.807) is 0 Å². The number of nitrogens with one attached hydrogen (secondary N) is 1. The fourth-order valence-corrected chi connectivity index (χ4v) is 4.02. The highest BCUT2D eigenvalue weighted by atomic mass is 16.5. The van der Waals surface area contributed by atoms with E-state index in [1.165, 1.54) is 0 Å². The van der Waals surface area contributed by atoms with E-state index in [9.17, 15) is 4.79 Å². The number of fused-ring (bicyclic) bond motifs is 1. The molecule has 0 aliphatic carbocycles. The average Bonchev–Trinajstić information content (AvgIpc) is 3.41. The monoisotopic (exact) mass is 386 g/mol. The molecule has 1 amide bonds. The minimum atomic E-state index is 0.0470. The molecule has 0 radical (unpaired) electrons. The van der Waals surface area contributed by atoms with Gasteiger partial charge in [-0.1, -0.05) is 47.6 Å². The lowest BCUT2D eigenvalue weighted by Gasteiger charge is -2.30. The second kappa shape index (κ2) is 7.20. The van der Waals surface area contributed by atoms with Crippen molar-refractivity contribution in [2.75, 3.05) is 13.1 Å². The number of H-pyrrole nitrogens is 1. The molecule has 6 nitrogen and oxygen atoms in total. The predicted octanol–water partition coefficient (Wildman–Crippen LogP) is 4.55. The summed E-state index contributed by atoms with van der Waals surface area (Å²) in [6.07, 6.45) is 1.64. The van der Waals surface area contributed by atoms with E-state index in [-0.39, 0.29) is 11.8 Å². The second-order valence-electron chi connectivity index (χ2n) is 7.61. The van der Waals surface area contributed by atoms with Crippen LogP contribution in [0.5, 0.6) is 0 Å². The zero-order chi connectivity index (χ0) is 19.8. The summed E-state index contributed by atoms with van der Waals surface area (Å²) in [4.78, 5) is 22.6. The summed E-state index contributed by atoms with van der Waals surface area (Å²) in [5.74, 6) is 1.54. The number of carbonyl (C=O) groups is 1. The molecule has 1 N–H and O–H groups in total. The maximum atomic E-state index is 12.9. The Morgan fingerprint density at radius 2 is 1.86 bits per heavy atom. The largest absolute Gasteiger partial charge is 0.351 e. The van der Waals surface area contributed by atoms with Gasteiger partial charge in [0.25, 0.3) is 5.91 Å². The lowest BCUT2D eigenvalue weighted by Crippen LogP contribution is -2.38. The first-order valence-electron chi connectivity index (χ1n) is 9.95. The molecule has 0 spiro atoms. The molecule has 1 aliphatic heterocycles. The normalized spacial score (nSPS) is 15.1. The van der Waals surface area contributed by atoms with Gasteiger partial charge in [-0.05, 0) is 37.5 Å². The quantitative estimate of drug-likeness (QED) is 0.561. The van der Waals surface area contributed by atoms with Gasteiger partial charge in [0, 0.05) is 35.5 Å². The SMILES string of the molecule is Cc1ccccc1-c1noc(C2CCN(C(=O)c3cc4ccccc4[nH]3)CC2)n1. The van der Waals surface area contributed by atoms with Crippen LogP contribution >= 0.6 is 0 Å². The van der Waals surface area contributed by atoms with Crippen LogP contribution in [0.25, 0.3) is 22.3 Å². The Balaban J connectivity index is 1.27. The molecule has 5 rings (SSSR count). The number of aryl methyl sites for hydroxylation is 1. The molecule has 0 unspecified atom stereocenters. The van der Waals surface area contributed by atoms with Crippen molar-refractivity contribution < 1.29 is 9.32 Å². The highest BCUT2D eigenvalue weighted by molar-refractivity contribution is 5.98. The number of piperidine rings is 1. The number of nitrogens with zero attached hydrogens (tertiary/aromatic N) is 3. The number of aromatic nitrogens is 3. The van der Waals surface area contributed by atoms with E-state index in [4.69, 9.17) is 4.52 Å². The molecule has 6 heteroatoms. The maximum Gasteiger partial charge on any atom is 0.270 e. The van der Waals surface area contributed by atoms with Crippen molar-refractivity contribution in [2.24, 2.45) is 0 Å².